The standard InChI is InChI=1S/C13H20N4O2/c1-3-6-15-10-5-7-16-11(8-10)13(19)17-9-12(18)14-4-2/h5,7-8H,3-4,6,9H2,1-2H3,(H,14,18)(H,15,16)(H,17,19). The minimum Gasteiger partial charge on any atom is -0.385 e. The Balaban J connectivity index is 2.54. The first-order valence-electron chi connectivity index (χ1n) is 6.42. The van der Waals surface area contributed by atoms with Crippen molar-refractivity contribution < 1.29 is 9.59 Å². The molecular formula is C13H20N4O2. The summed E-state index contributed by atoms with van der Waals surface area (Å²) in [4.78, 5) is 27.0. The van der Waals surface area contributed by atoms with E-state index in [4.69, 9.17) is 0 Å². The van der Waals surface area contributed by atoms with E-state index >= 15 is 0 Å². The summed E-state index contributed by atoms with van der Waals surface area (Å²) in [6.07, 6.45) is 2.57. The van der Waals surface area contributed by atoms with Crippen molar-refractivity contribution in [2.75, 3.05) is 25.0 Å². The van der Waals surface area contributed by atoms with Gasteiger partial charge in [0.25, 0.3) is 5.91 Å². The monoisotopic (exact) mass is 264 g/mol. The number of nitrogens with zero attached hydrogens (tertiary/aromatic N) is 1. The number of carbonyl (C=O) groups is 2. The second kappa shape index (κ2) is 8.07. The van der Waals surface area contributed by atoms with Gasteiger partial charge < -0.3 is 16.0 Å². The fraction of sp³-hybridized carbons (Fsp3) is 0.462. The SMILES string of the molecule is CCCNc1ccnc(C(=O)NCC(=O)NCC)c1. The number of amides is 2. The number of hydrogen-bond acceptors (Lipinski definition) is 4. The van der Waals surface area contributed by atoms with Gasteiger partial charge in [0.2, 0.25) is 5.91 Å². The van der Waals surface area contributed by atoms with Gasteiger partial charge in [-0.05, 0) is 25.5 Å². The molecule has 1 aromatic heterocycles. The van der Waals surface area contributed by atoms with E-state index in [-0.39, 0.29) is 18.4 Å². The molecule has 6 heteroatoms. The normalized spacial score (nSPS) is 9.79. The molecule has 0 bridgehead atoms. The lowest BCUT2D eigenvalue weighted by Crippen LogP contribution is -2.37. The van der Waals surface area contributed by atoms with Crippen LogP contribution in [0.5, 0.6) is 0 Å². The van der Waals surface area contributed by atoms with Crippen molar-refractivity contribution in [3.63, 3.8) is 0 Å². The van der Waals surface area contributed by atoms with Crippen LogP contribution in [0.1, 0.15) is 30.8 Å². The Morgan fingerprint density at radius 3 is 2.74 bits per heavy atom. The summed E-state index contributed by atoms with van der Waals surface area (Å²) >= 11 is 0. The van der Waals surface area contributed by atoms with Crippen molar-refractivity contribution in [2.45, 2.75) is 20.3 Å². The number of carbonyl (C=O) groups excluding carboxylic acids is 2. The lowest BCUT2D eigenvalue weighted by Gasteiger charge is -2.07. The number of likely N-dealkylation sites (N-methyl/N-ethyl adjacent to an activating group) is 1. The maximum atomic E-state index is 11.8. The third-order valence-corrected chi connectivity index (χ3v) is 2.36. The zero-order valence-corrected chi connectivity index (χ0v) is 11.3. The van der Waals surface area contributed by atoms with E-state index < -0.39 is 0 Å². The number of hydrogen-bond donors (Lipinski definition) is 3. The largest absolute Gasteiger partial charge is 0.385 e. The molecule has 0 aromatic carbocycles. The summed E-state index contributed by atoms with van der Waals surface area (Å²) < 4.78 is 0. The van der Waals surface area contributed by atoms with E-state index in [9.17, 15) is 9.59 Å². The van der Waals surface area contributed by atoms with Gasteiger partial charge in [-0.15, -0.1) is 0 Å². The molecule has 1 rings (SSSR count). The second-order valence-electron chi connectivity index (χ2n) is 3.99. The molecule has 0 atom stereocenters. The highest BCUT2D eigenvalue weighted by Crippen LogP contribution is 2.07. The maximum Gasteiger partial charge on any atom is 0.270 e. The van der Waals surface area contributed by atoms with Crippen LogP contribution in [0.2, 0.25) is 0 Å². The Morgan fingerprint density at radius 2 is 2.05 bits per heavy atom. The predicted molar refractivity (Wildman–Crippen MR) is 74.0 cm³/mol. The Bertz CT molecular complexity index is 434. The Kier molecular flexibility index (Phi) is 6.35. The third kappa shape index (κ3) is 5.37. The van der Waals surface area contributed by atoms with Crippen molar-refractivity contribution in [3.05, 3.63) is 24.0 Å². The Morgan fingerprint density at radius 1 is 1.26 bits per heavy atom. The molecule has 3 N–H and O–H groups in total. The smallest absolute Gasteiger partial charge is 0.270 e. The Hall–Kier alpha value is -2.11. The molecule has 0 aliphatic rings. The van der Waals surface area contributed by atoms with Crippen molar-refractivity contribution >= 4 is 17.5 Å². The van der Waals surface area contributed by atoms with E-state index in [1.807, 2.05) is 6.92 Å². The first-order chi connectivity index (χ1) is 9.17. The molecule has 0 saturated carbocycles. The fourth-order valence-electron chi connectivity index (χ4n) is 1.44. The lowest BCUT2D eigenvalue weighted by atomic mass is 10.3. The number of nitrogens with one attached hydrogen (secondary N) is 3. The average molecular weight is 264 g/mol. The van der Waals surface area contributed by atoms with Crippen molar-refractivity contribution in [1.29, 1.82) is 0 Å². The van der Waals surface area contributed by atoms with E-state index in [0.717, 1.165) is 18.7 Å². The first-order valence-corrected chi connectivity index (χ1v) is 6.42. The summed E-state index contributed by atoms with van der Waals surface area (Å²) in [7, 11) is 0. The number of anilines is 1. The number of aromatic nitrogens is 1. The summed E-state index contributed by atoms with van der Waals surface area (Å²) in [5, 5.41) is 8.31. The molecule has 0 saturated heterocycles. The van der Waals surface area contributed by atoms with Crippen LogP contribution in [-0.4, -0.2) is 36.4 Å². The van der Waals surface area contributed by atoms with Gasteiger partial charge in [-0.3, -0.25) is 14.6 Å². The number of pyridine rings is 1. The molecule has 104 valence electrons. The van der Waals surface area contributed by atoms with Crippen LogP contribution in [0.15, 0.2) is 18.3 Å². The van der Waals surface area contributed by atoms with Crippen LogP contribution in [0.4, 0.5) is 5.69 Å². The lowest BCUT2D eigenvalue weighted by molar-refractivity contribution is -0.120. The van der Waals surface area contributed by atoms with Crippen LogP contribution in [0.3, 0.4) is 0 Å². The summed E-state index contributed by atoms with van der Waals surface area (Å²) in [6.45, 7) is 5.23. The van der Waals surface area contributed by atoms with Gasteiger partial charge in [0.1, 0.15) is 5.69 Å². The zero-order chi connectivity index (χ0) is 14.1. The second-order valence-corrected chi connectivity index (χ2v) is 3.99. The molecule has 1 aromatic rings. The third-order valence-electron chi connectivity index (χ3n) is 2.36. The molecule has 0 radical (unpaired) electrons. The van der Waals surface area contributed by atoms with Crippen LogP contribution < -0.4 is 16.0 Å². The molecule has 0 unspecified atom stereocenters. The quantitative estimate of drug-likeness (QED) is 0.679. The van der Waals surface area contributed by atoms with Crippen molar-refractivity contribution in [2.24, 2.45) is 0 Å². The van der Waals surface area contributed by atoms with E-state index in [0.29, 0.717) is 12.2 Å². The molecular weight excluding hydrogens is 244 g/mol. The summed E-state index contributed by atoms with van der Waals surface area (Å²) in [6, 6.07) is 3.47. The molecule has 2 amide bonds. The molecule has 0 aliphatic carbocycles. The van der Waals surface area contributed by atoms with Gasteiger partial charge in [-0.25, -0.2) is 0 Å². The Labute approximate surface area is 113 Å². The topological polar surface area (TPSA) is 83.1 Å². The van der Waals surface area contributed by atoms with E-state index in [1.165, 1.54) is 0 Å². The van der Waals surface area contributed by atoms with Crippen LogP contribution in [0.25, 0.3) is 0 Å². The van der Waals surface area contributed by atoms with Crippen molar-refractivity contribution in [1.82, 2.24) is 15.6 Å². The van der Waals surface area contributed by atoms with Crippen LogP contribution >= 0.6 is 0 Å². The van der Waals surface area contributed by atoms with E-state index in [1.54, 1.807) is 18.3 Å². The molecule has 0 aliphatic heterocycles. The minimum absolute atomic E-state index is 0.0407. The van der Waals surface area contributed by atoms with Gasteiger partial charge in [0.15, 0.2) is 0 Å². The molecule has 0 fully saturated rings. The van der Waals surface area contributed by atoms with Gasteiger partial charge >= 0.3 is 0 Å². The van der Waals surface area contributed by atoms with Gasteiger partial charge in [0, 0.05) is 25.0 Å². The highest BCUT2D eigenvalue weighted by atomic mass is 16.2. The van der Waals surface area contributed by atoms with Crippen molar-refractivity contribution in [3.8, 4) is 0 Å². The predicted octanol–water partition coefficient (Wildman–Crippen LogP) is 0.769. The minimum atomic E-state index is -0.355. The molecule has 19 heavy (non-hydrogen) atoms. The molecule has 0 spiro atoms. The van der Waals surface area contributed by atoms with Gasteiger partial charge in [-0.1, -0.05) is 6.92 Å². The fourth-order valence-corrected chi connectivity index (χ4v) is 1.44. The van der Waals surface area contributed by atoms with Gasteiger partial charge in [0.05, 0.1) is 6.54 Å². The van der Waals surface area contributed by atoms with Gasteiger partial charge in [-0.2, -0.15) is 0 Å². The highest BCUT2D eigenvalue weighted by molar-refractivity contribution is 5.95. The highest BCUT2D eigenvalue weighted by Gasteiger charge is 2.09. The zero-order valence-electron chi connectivity index (χ0n) is 11.3. The van der Waals surface area contributed by atoms with Crippen LogP contribution in [-0.2, 0) is 4.79 Å². The summed E-state index contributed by atoms with van der Waals surface area (Å²) in [5.74, 6) is -0.567. The van der Waals surface area contributed by atoms with Crippen LogP contribution in [0, 0.1) is 0 Å². The maximum absolute atomic E-state index is 11.8. The molecule has 6 nitrogen and oxygen atoms in total. The average Bonchev–Trinajstić information content (AvgIpc) is 2.43. The molecule has 1 heterocycles. The van der Waals surface area contributed by atoms with E-state index in [2.05, 4.69) is 27.9 Å². The summed E-state index contributed by atoms with van der Waals surface area (Å²) in [5.41, 5.74) is 1.14. The number of rotatable bonds is 7. The first kappa shape index (κ1) is 14.9.